The van der Waals surface area contributed by atoms with Crippen molar-refractivity contribution in [2.24, 2.45) is 0 Å². The van der Waals surface area contributed by atoms with Gasteiger partial charge in [0.25, 0.3) is 11.8 Å². The molecule has 3 aromatic carbocycles. The maximum absolute atomic E-state index is 12.5. The molecule has 7 heteroatoms. The Morgan fingerprint density at radius 3 is 2.16 bits per heavy atom. The van der Waals surface area contributed by atoms with Gasteiger partial charge < -0.3 is 15.1 Å². The van der Waals surface area contributed by atoms with Crippen molar-refractivity contribution in [2.45, 2.75) is 13.3 Å². The molecule has 0 fully saturated rings. The number of hydrogen-bond donors (Lipinski definition) is 3. The maximum atomic E-state index is 12.5. The standard InChI is InChI=1S/C25H21N3O3S/c1-2-16-7-9-17(10-8-16)23(29)28-25(32)27-20-13-11-19(12-14-20)26-24(30)22-15-18-5-3-4-6-21(18)31-22/h3-15H,2H2,1H3,(H,26,30)(H2,27,28,29,32). The first-order valence-corrected chi connectivity index (χ1v) is 10.5. The van der Waals surface area contributed by atoms with Crippen LogP contribution in [0.4, 0.5) is 11.4 Å². The fourth-order valence-electron chi connectivity index (χ4n) is 3.15. The Kier molecular flexibility index (Phi) is 6.28. The Morgan fingerprint density at radius 2 is 1.50 bits per heavy atom. The Hall–Kier alpha value is -3.97. The van der Waals surface area contributed by atoms with Crippen LogP contribution in [-0.4, -0.2) is 16.9 Å². The molecule has 1 aromatic heterocycles. The second kappa shape index (κ2) is 9.45. The van der Waals surface area contributed by atoms with Crippen molar-refractivity contribution in [3.8, 4) is 0 Å². The van der Waals surface area contributed by atoms with E-state index in [0.29, 0.717) is 22.5 Å². The third-order valence-electron chi connectivity index (χ3n) is 4.90. The molecule has 4 aromatic rings. The monoisotopic (exact) mass is 443 g/mol. The van der Waals surface area contributed by atoms with Gasteiger partial charge in [-0.15, -0.1) is 0 Å². The average Bonchev–Trinajstić information content (AvgIpc) is 3.25. The minimum absolute atomic E-state index is 0.189. The molecule has 160 valence electrons. The van der Waals surface area contributed by atoms with Crippen molar-refractivity contribution >= 4 is 51.5 Å². The number of furan rings is 1. The number of amides is 2. The molecule has 0 atom stereocenters. The first kappa shape index (κ1) is 21.3. The van der Waals surface area contributed by atoms with Crippen LogP contribution in [0.15, 0.2) is 83.3 Å². The molecule has 0 aliphatic rings. The van der Waals surface area contributed by atoms with Gasteiger partial charge in [0, 0.05) is 22.3 Å². The third-order valence-corrected chi connectivity index (χ3v) is 5.11. The minimum Gasteiger partial charge on any atom is -0.451 e. The Labute approximate surface area is 190 Å². The van der Waals surface area contributed by atoms with Gasteiger partial charge in [-0.3, -0.25) is 14.9 Å². The summed E-state index contributed by atoms with van der Waals surface area (Å²) in [5.41, 5.74) is 3.64. The van der Waals surface area contributed by atoms with Crippen LogP contribution in [0.2, 0.25) is 0 Å². The smallest absolute Gasteiger partial charge is 0.291 e. The van der Waals surface area contributed by atoms with Crippen LogP contribution in [0.1, 0.15) is 33.4 Å². The fraction of sp³-hybridized carbons (Fsp3) is 0.0800. The summed E-state index contributed by atoms with van der Waals surface area (Å²) in [6, 6.07) is 23.5. The molecule has 0 saturated heterocycles. The molecule has 0 bridgehead atoms. The number of aryl methyl sites for hydroxylation is 1. The molecule has 6 nitrogen and oxygen atoms in total. The van der Waals surface area contributed by atoms with E-state index < -0.39 is 0 Å². The lowest BCUT2D eigenvalue weighted by Gasteiger charge is -2.11. The minimum atomic E-state index is -0.334. The zero-order valence-corrected chi connectivity index (χ0v) is 18.2. The van der Waals surface area contributed by atoms with Crippen LogP contribution in [0.5, 0.6) is 0 Å². The van der Waals surface area contributed by atoms with Gasteiger partial charge in [-0.1, -0.05) is 37.3 Å². The molecule has 1 heterocycles. The normalized spacial score (nSPS) is 10.5. The lowest BCUT2D eigenvalue weighted by atomic mass is 10.1. The van der Waals surface area contributed by atoms with E-state index >= 15 is 0 Å². The molecule has 0 spiro atoms. The van der Waals surface area contributed by atoms with Crippen LogP contribution in [0.25, 0.3) is 11.0 Å². The molecule has 32 heavy (non-hydrogen) atoms. The van der Waals surface area contributed by atoms with E-state index in [1.807, 2.05) is 36.4 Å². The maximum Gasteiger partial charge on any atom is 0.291 e. The van der Waals surface area contributed by atoms with Crippen molar-refractivity contribution in [1.82, 2.24) is 5.32 Å². The molecule has 2 amide bonds. The molecule has 4 rings (SSSR count). The number of carbonyl (C=O) groups is 2. The van der Waals surface area contributed by atoms with Crippen LogP contribution >= 0.6 is 12.2 Å². The summed E-state index contributed by atoms with van der Waals surface area (Å²) in [6.07, 6.45) is 0.913. The highest BCUT2D eigenvalue weighted by Crippen LogP contribution is 2.20. The second-order valence-electron chi connectivity index (χ2n) is 7.14. The number of para-hydroxylation sites is 1. The Balaban J connectivity index is 1.33. The van der Waals surface area contributed by atoms with E-state index in [0.717, 1.165) is 17.4 Å². The number of fused-ring (bicyclic) bond motifs is 1. The number of rotatable bonds is 5. The first-order chi connectivity index (χ1) is 15.5. The number of benzene rings is 3. The van der Waals surface area contributed by atoms with E-state index in [1.165, 1.54) is 0 Å². The second-order valence-corrected chi connectivity index (χ2v) is 7.55. The van der Waals surface area contributed by atoms with Crippen molar-refractivity contribution in [2.75, 3.05) is 10.6 Å². The fourth-order valence-corrected chi connectivity index (χ4v) is 3.36. The van der Waals surface area contributed by atoms with Gasteiger partial charge in [0.05, 0.1) is 0 Å². The molecular formula is C25H21N3O3S. The van der Waals surface area contributed by atoms with Crippen LogP contribution in [-0.2, 0) is 6.42 Å². The SMILES string of the molecule is CCc1ccc(C(=O)NC(=S)Nc2ccc(NC(=O)c3cc4ccccc4o3)cc2)cc1. The lowest BCUT2D eigenvalue weighted by molar-refractivity contribution is 0.0975. The van der Waals surface area contributed by atoms with Gasteiger partial charge in [0.1, 0.15) is 5.58 Å². The quantitative estimate of drug-likeness (QED) is 0.361. The van der Waals surface area contributed by atoms with Gasteiger partial charge in [-0.25, -0.2) is 0 Å². The third kappa shape index (κ3) is 5.01. The molecule has 0 saturated carbocycles. The van der Waals surface area contributed by atoms with E-state index in [2.05, 4.69) is 22.9 Å². The average molecular weight is 444 g/mol. The number of nitrogens with one attached hydrogen (secondary N) is 3. The number of anilines is 2. The van der Waals surface area contributed by atoms with Crippen molar-refractivity contribution in [3.05, 3.63) is 95.7 Å². The highest BCUT2D eigenvalue weighted by molar-refractivity contribution is 7.80. The topological polar surface area (TPSA) is 83.4 Å². The predicted molar refractivity (Wildman–Crippen MR) is 130 cm³/mol. The van der Waals surface area contributed by atoms with Crippen LogP contribution < -0.4 is 16.0 Å². The largest absolute Gasteiger partial charge is 0.451 e. The predicted octanol–water partition coefficient (Wildman–Crippen LogP) is 5.37. The molecule has 0 radical (unpaired) electrons. The van der Waals surface area contributed by atoms with Gasteiger partial charge in [0.15, 0.2) is 10.9 Å². The Morgan fingerprint density at radius 1 is 0.844 bits per heavy atom. The molecule has 0 unspecified atom stereocenters. The number of thiocarbonyl (C=S) groups is 1. The van der Waals surface area contributed by atoms with Crippen molar-refractivity contribution < 1.29 is 14.0 Å². The zero-order chi connectivity index (χ0) is 22.5. The van der Waals surface area contributed by atoms with Gasteiger partial charge in [-0.05, 0) is 72.7 Å². The summed E-state index contributed by atoms with van der Waals surface area (Å²) >= 11 is 5.23. The Bertz CT molecular complexity index is 1250. The zero-order valence-electron chi connectivity index (χ0n) is 17.3. The lowest BCUT2D eigenvalue weighted by Crippen LogP contribution is -2.34. The van der Waals surface area contributed by atoms with E-state index in [4.69, 9.17) is 16.6 Å². The van der Waals surface area contributed by atoms with Crippen LogP contribution in [0.3, 0.4) is 0 Å². The van der Waals surface area contributed by atoms with E-state index in [-0.39, 0.29) is 22.7 Å². The van der Waals surface area contributed by atoms with E-state index in [1.54, 1.807) is 42.5 Å². The molecule has 3 N–H and O–H groups in total. The first-order valence-electron chi connectivity index (χ1n) is 10.1. The number of carbonyl (C=O) groups excluding carboxylic acids is 2. The molecule has 0 aliphatic carbocycles. The van der Waals surface area contributed by atoms with Gasteiger partial charge >= 0.3 is 0 Å². The van der Waals surface area contributed by atoms with Gasteiger partial charge in [-0.2, -0.15) is 0 Å². The summed E-state index contributed by atoms with van der Waals surface area (Å²) in [7, 11) is 0. The highest BCUT2D eigenvalue weighted by Gasteiger charge is 2.12. The molecule has 0 aliphatic heterocycles. The summed E-state index contributed by atoms with van der Waals surface area (Å²) in [4.78, 5) is 24.8. The van der Waals surface area contributed by atoms with E-state index in [9.17, 15) is 9.59 Å². The summed E-state index contributed by atoms with van der Waals surface area (Å²) in [5, 5.41) is 9.48. The van der Waals surface area contributed by atoms with Crippen molar-refractivity contribution in [3.63, 3.8) is 0 Å². The highest BCUT2D eigenvalue weighted by atomic mass is 32.1. The summed E-state index contributed by atoms with van der Waals surface area (Å²) < 4.78 is 5.58. The summed E-state index contributed by atoms with van der Waals surface area (Å²) in [5.74, 6) is -0.372. The molecular weight excluding hydrogens is 422 g/mol. The summed E-state index contributed by atoms with van der Waals surface area (Å²) in [6.45, 7) is 2.06. The van der Waals surface area contributed by atoms with Crippen molar-refractivity contribution in [1.29, 1.82) is 0 Å². The van der Waals surface area contributed by atoms with Crippen LogP contribution in [0, 0.1) is 0 Å². The number of hydrogen-bond acceptors (Lipinski definition) is 4. The van der Waals surface area contributed by atoms with Gasteiger partial charge in [0.2, 0.25) is 0 Å².